The summed E-state index contributed by atoms with van der Waals surface area (Å²) in [6, 6.07) is 10.8. The van der Waals surface area contributed by atoms with E-state index in [1.54, 1.807) is 24.3 Å². The summed E-state index contributed by atoms with van der Waals surface area (Å²) in [7, 11) is 0. The number of anilines is 2. The van der Waals surface area contributed by atoms with Gasteiger partial charge >= 0.3 is 0 Å². The predicted molar refractivity (Wildman–Crippen MR) is 91.7 cm³/mol. The van der Waals surface area contributed by atoms with Crippen molar-refractivity contribution in [3.63, 3.8) is 0 Å². The molecule has 0 radical (unpaired) electrons. The number of nitrogens with one attached hydrogen (secondary N) is 2. The molecule has 0 bridgehead atoms. The first-order valence-corrected chi connectivity index (χ1v) is 8.03. The highest BCUT2D eigenvalue weighted by Crippen LogP contribution is 2.41. The Labute approximate surface area is 148 Å². The minimum Gasteiger partial charge on any atom is -0.323 e. The number of amides is 2. The molecule has 2 unspecified atom stereocenters. The van der Waals surface area contributed by atoms with Gasteiger partial charge in [0.15, 0.2) is 0 Å². The zero-order chi connectivity index (χ0) is 17.3. The fourth-order valence-electron chi connectivity index (χ4n) is 2.40. The molecule has 124 valence electrons. The van der Waals surface area contributed by atoms with Crippen LogP contribution in [0, 0.1) is 17.7 Å². The third-order valence-electron chi connectivity index (χ3n) is 3.81. The lowest BCUT2D eigenvalue weighted by atomic mass is 10.2. The summed E-state index contributed by atoms with van der Waals surface area (Å²) in [4.78, 5) is 24.3. The standard InChI is InChI=1S/C17H13Cl2FN2O2/c18-11-4-3-5-12(19)15(11)22-17(24)10-8-9(10)16(23)21-14-7-2-1-6-13(14)20/h1-7,9-10H,8H2,(H,21,23)(H,22,24). The summed E-state index contributed by atoms with van der Waals surface area (Å²) >= 11 is 12.0. The maximum Gasteiger partial charge on any atom is 0.228 e. The van der Waals surface area contributed by atoms with Crippen LogP contribution in [0.15, 0.2) is 42.5 Å². The molecule has 1 aliphatic carbocycles. The van der Waals surface area contributed by atoms with Gasteiger partial charge in [-0.3, -0.25) is 9.59 Å². The van der Waals surface area contributed by atoms with Crippen LogP contribution in [0.25, 0.3) is 0 Å². The van der Waals surface area contributed by atoms with Gasteiger partial charge in [-0.1, -0.05) is 41.4 Å². The number of para-hydroxylation sites is 2. The van der Waals surface area contributed by atoms with Gasteiger partial charge < -0.3 is 10.6 Å². The molecular weight excluding hydrogens is 354 g/mol. The molecule has 7 heteroatoms. The summed E-state index contributed by atoms with van der Waals surface area (Å²) in [6.07, 6.45) is 0.397. The van der Waals surface area contributed by atoms with Crippen molar-refractivity contribution in [1.29, 1.82) is 0 Å². The van der Waals surface area contributed by atoms with Crippen LogP contribution in [-0.4, -0.2) is 11.8 Å². The van der Waals surface area contributed by atoms with E-state index >= 15 is 0 Å². The maximum absolute atomic E-state index is 13.5. The van der Waals surface area contributed by atoms with E-state index in [0.29, 0.717) is 22.2 Å². The second-order valence-corrected chi connectivity index (χ2v) is 6.32. The van der Waals surface area contributed by atoms with Crippen molar-refractivity contribution in [2.45, 2.75) is 6.42 Å². The van der Waals surface area contributed by atoms with Crippen molar-refractivity contribution in [2.75, 3.05) is 10.6 Å². The Morgan fingerprint density at radius 3 is 2.12 bits per heavy atom. The monoisotopic (exact) mass is 366 g/mol. The van der Waals surface area contributed by atoms with Gasteiger partial charge in [0.2, 0.25) is 11.8 Å². The molecule has 0 aromatic heterocycles. The fraction of sp³-hybridized carbons (Fsp3) is 0.176. The molecular formula is C17H13Cl2FN2O2. The number of hydrogen-bond donors (Lipinski definition) is 2. The van der Waals surface area contributed by atoms with E-state index in [9.17, 15) is 14.0 Å². The van der Waals surface area contributed by atoms with Crippen LogP contribution >= 0.6 is 23.2 Å². The third kappa shape index (κ3) is 3.52. The molecule has 1 aliphatic rings. The highest BCUT2D eigenvalue weighted by molar-refractivity contribution is 6.39. The smallest absolute Gasteiger partial charge is 0.228 e. The molecule has 0 aliphatic heterocycles. The van der Waals surface area contributed by atoms with E-state index in [2.05, 4.69) is 10.6 Å². The lowest BCUT2D eigenvalue weighted by Crippen LogP contribution is -2.21. The van der Waals surface area contributed by atoms with E-state index in [0.717, 1.165) is 0 Å². The summed E-state index contributed by atoms with van der Waals surface area (Å²) in [5.74, 6) is -2.21. The molecule has 0 saturated heterocycles. The first-order chi connectivity index (χ1) is 11.5. The van der Waals surface area contributed by atoms with Gasteiger partial charge in [-0.25, -0.2) is 4.39 Å². The molecule has 0 spiro atoms. The van der Waals surface area contributed by atoms with Gasteiger partial charge in [-0.15, -0.1) is 0 Å². The van der Waals surface area contributed by atoms with Crippen molar-refractivity contribution in [3.8, 4) is 0 Å². The summed E-state index contributed by atoms with van der Waals surface area (Å²) in [5.41, 5.74) is 0.425. The van der Waals surface area contributed by atoms with Crippen LogP contribution < -0.4 is 10.6 Å². The number of carbonyl (C=O) groups excluding carboxylic acids is 2. The summed E-state index contributed by atoms with van der Waals surface area (Å²) in [5, 5.41) is 5.79. The molecule has 1 saturated carbocycles. The lowest BCUT2D eigenvalue weighted by Gasteiger charge is -2.09. The Balaban J connectivity index is 1.61. The molecule has 3 rings (SSSR count). The van der Waals surface area contributed by atoms with Crippen molar-refractivity contribution < 1.29 is 14.0 Å². The number of benzene rings is 2. The normalized spacial score (nSPS) is 18.8. The van der Waals surface area contributed by atoms with Gasteiger partial charge in [0, 0.05) is 0 Å². The van der Waals surface area contributed by atoms with Crippen LogP contribution in [0.1, 0.15) is 6.42 Å². The van der Waals surface area contributed by atoms with Gasteiger partial charge in [-0.05, 0) is 30.7 Å². The van der Waals surface area contributed by atoms with Crippen LogP contribution in [0.3, 0.4) is 0 Å². The van der Waals surface area contributed by atoms with E-state index in [1.807, 2.05) is 0 Å². The number of hydrogen-bond acceptors (Lipinski definition) is 2. The van der Waals surface area contributed by atoms with E-state index in [4.69, 9.17) is 23.2 Å². The Kier molecular flexibility index (Phi) is 4.73. The van der Waals surface area contributed by atoms with E-state index < -0.39 is 17.7 Å². The summed E-state index contributed by atoms with van der Waals surface area (Å²) < 4.78 is 13.5. The zero-order valence-corrected chi connectivity index (χ0v) is 13.9. The molecule has 24 heavy (non-hydrogen) atoms. The van der Waals surface area contributed by atoms with E-state index in [1.165, 1.54) is 18.2 Å². The number of carbonyl (C=O) groups is 2. The summed E-state index contributed by atoms with van der Waals surface area (Å²) in [6.45, 7) is 0. The quantitative estimate of drug-likeness (QED) is 0.844. The molecule has 2 aromatic carbocycles. The minimum atomic E-state index is -0.518. The molecule has 2 aromatic rings. The number of halogens is 3. The van der Waals surface area contributed by atoms with Crippen LogP contribution in [0.2, 0.25) is 10.0 Å². The number of rotatable bonds is 4. The molecule has 2 amide bonds. The zero-order valence-electron chi connectivity index (χ0n) is 12.4. The average Bonchev–Trinajstić information content (AvgIpc) is 3.34. The Morgan fingerprint density at radius 1 is 0.917 bits per heavy atom. The van der Waals surface area contributed by atoms with Gasteiger partial charge in [-0.2, -0.15) is 0 Å². The lowest BCUT2D eigenvalue weighted by molar-refractivity contribution is -0.122. The highest BCUT2D eigenvalue weighted by atomic mass is 35.5. The maximum atomic E-state index is 13.5. The second-order valence-electron chi connectivity index (χ2n) is 5.50. The highest BCUT2D eigenvalue weighted by Gasteiger charge is 2.48. The minimum absolute atomic E-state index is 0.0997. The third-order valence-corrected chi connectivity index (χ3v) is 4.44. The molecule has 0 heterocycles. The first kappa shape index (κ1) is 16.7. The van der Waals surface area contributed by atoms with Crippen molar-refractivity contribution in [1.82, 2.24) is 0 Å². The van der Waals surface area contributed by atoms with E-state index in [-0.39, 0.29) is 17.5 Å². The Morgan fingerprint density at radius 2 is 1.50 bits per heavy atom. The van der Waals surface area contributed by atoms with Gasteiger partial charge in [0.25, 0.3) is 0 Å². The van der Waals surface area contributed by atoms with Crippen molar-refractivity contribution in [2.24, 2.45) is 11.8 Å². The predicted octanol–water partition coefficient (Wildman–Crippen LogP) is 4.35. The molecule has 4 nitrogen and oxygen atoms in total. The first-order valence-electron chi connectivity index (χ1n) is 7.27. The Bertz CT molecular complexity index is 793. The molecule has 2 atom stereocenters. The van der Waals surface area contributed by atoms with Crippen LogP contribution in [0.4, 0.5) is 15.8 Å². The topological polar surface area (TPSA) is 58.2 Å². The fourth-order valence-corrected chi connectivity index (χ4v) is 2.89. The molecule has 1 fully saturated rings. The molecule has 2 N–H and O–H groups in total. The van der Waals surface area contributed by atoms with Gasteiger partial charge in [0.05, 0.1) is 33.3 Å². The van der Waals surface area contributed by atoms with Crippen LogP contribution in [0.5, 0.6) is 0 Å². The van der Waals surface area contributed by atoms with Gasteiger partial charge in [0.1, 0.15) is 5.82 Å². The SMILES string of the molecule is O=C(Nc1ccccc1F)C1CC1C(=O)Nc1c(Cl)cccc1Cl. The van der Waals surface area contributed by atoms with Crippen LogP contribution in [-0.2, 0) is 9.59 Å². The second kappa shape index (κ2) is 6.79. The average molecular weight is 367 g/mol. The van der Waals surface area contributed by atoms with Crippen molar-refractivity contribution in [3.05, 3.63) is 58.3 Å². The van der Waals surface area contributed by atoms with Crippen molar-refractivity contribution >= 4 is 46.4 Å². The largest absolute Gasteiger partial charge is 0.323 e. The Hall–Kier alpha value is -2.11.